The van der Waals surface area contributed by atoms with Crippen molar-refractivity contribution in [2.45, 2.75) is 6.61 Å². The zero-order valence-corrected chi connectivity index (χ0v) is 7.62. The maximum Gasteiger partial charge on any atom is 0.274 e. The molecule has 0 aromatic heterocycles. The maximum atomic E-state index is 10.5. The van der Waals surface area contributed by atoms with Crippen molar-refractivity contribution in [2.75, 3.05) is 5.94 Å². The Bertz CT molecular complexity index is 303. The van der Waals surface area contributed by atoms with Crippen molar-refractivity contribution >= 4 is 18.3 Å². The first kappa shape index (κ1) is 10.0. The molecule has 4 nitrogen and oxygen atoms in total. The number of nitro benzene ring substituents is 1. The summed E-state index contributed by atoms with van der Waals surface area (Å²) in [6.45, 7) is 0.195. The number of benzene rings is 1. The second kappa shape index (κ2) is 4.84. The molecule has 0 N–H and O–H groups in total. The molecule has 0 aliphatic carbocycles. The zero-order chi connectivity index (χ0) is 9.68. The van der Waals surface area contributed by atoms with Crippen LogP contribution in [0, 0.1) is 10.1 Å². The monoisotopic (exact) mass is 198 g/mol. The van der Waals surface area contributed by atoms with Gasteiger partial charge in [-0.3, -0.25) is 10.1 Å². The molecule has 0 spiro atoms. The predicted molar refractivity (Wildman–Crippen MR) is 50.3 cm³/mol. The fourth-order valence-electron chi connectivity index (χ4n) is 0.963. The molecule has 0 fully saturated rings. The molecular weight excluding hydrogens is 190 g/mol. The highest BCUT2D eigenvalue weighted by Crippen LogP contribution is 2.18. The maximum absolute atomic E-state index is 10.5. The zero-order valence-electron chi connectivity index (χ0n) is 6.80. The Labute approximate surface area is 81.1 Å². The summed E-state index contributed by atoms with van der Waals surface area (Å²) in [5.41, 5.74) is 0.628. The summed E-state index contributed by atoms with van der Waals surface area (Å²) in [6.07, 6.45) is 0. The van der Waals surface area contributed by atoms with Crippen molar-refractivity contribution < 1.29 is 9.66 Å². The van der Waals surface area contributed by atoms with Crippen LogP contribution in [-0.4, -0.2) is 10.9 Å². The van der Waals surface area contributed by atoms with Gasteiger partial charge in [0.15, 0.2) is 0 Å². The van der Waals surface area contributed by atoms with Gasteiger partial charge in [-0.1, -0.05) is 24.8 Å². The molecule has 1 radical (unpaired) electrons. The van der Waals surface area contributed by atoms with Gasteiger partial charge in [-0.15, -0.1) is 0 Å². The Morgan fingerprint density at radius 1 is 1.46 bits per heavy atom. The Kier molecular flexibility index (Phi) is 3.72. The van der Waals surface area contributed by atoms with E-state index in [0.717, 1.165) is 0 Å². The lowest BCUT2D eigenvalue weighted by atomic mass is 10.2. The van der Waals surface area contributed by atoms with Gasteiger partial charge >= 0.3 is 0 Å². The van der Waals surface area contributed by atoms with Crippen LogP contribution in [0.2, 0.25) is 0 Å². The number of hydrogen-bond acceptors (Lipinski definition) is 3. The van der Waals surface area contributed by atoms with Gasteiger partial charge in [0.2, 0.25) is 0 Å². The fraction of sp³-hybridized carbons (Fsp3) is 0.250. The van der Waals surface area contributed by atoms with Gasteiger partial charge in [0.05, 0.1) is 17.1 Å². The van der Waals surface area contributed by atoms with E-state index in [4.69, 9.17) is 4.74 Å². The molecule has 1 rings (SSSR count). The highest BCUT2D eigenvalue weighted by Gasteiger charge is 2.11. The Morgan fingerprint density at radius 2 is 2.15 bits per heavy atom. The summed E-state index contributed by atoms with van der Waals surface area (Å²) in [5, 5.41) is 10.5. The molecule has 0 aliphatic heterocycles. The molecule has 0 saturated carbocycles. The van der Waals surface area contributed by atoms with E-state index < -0.39 is 4.92 Å². The van der Waals surface area contributed by atoms with E-state index in [1.54, 1.807) is 18.2 Å². The Balaban J connectivity index is 2.84. The number of hydrogen-bond donors (Lipinski definition) is 0. The molecule has 1 aromatic carbocycles. The molecule has 69 valence electrons. The van der Waals surface area contributed by atoms with Crippen molar-refractivity contribution in [2.24, 2.45) is 0 Å². The van der Waals surface area contributed by atoms with Gasteiger partial charge in [-0.2, -0.15) is 0 Å². The van der Waals surface area contributed by atoms with Crippen molar-refractivity contribution in [1.29, 1.82) is 0 Å². The molecule has 5 heteroatoms. The topological polar surface area (TPSA) is 52.4 Å². The highest BCUT2D eigenvalue weighted by molar-refractivity contribution is 7.80. The first-order valence-corrected chi connectivity index (χ1v) is 4.21. The number of para-hydroxylation sites is 1. The van der Waals surface area contributed by atoms with Crippen LogP contribution in [-0.2, 0) is 11.3 Å². The summed E-state index contributed by atoms with van der Waals surface area (Å²) in [7, 11) is 0. The lowest BCUT2D eigenvalue weighted by Gasteiger charge is -2.01. The normalized spacial score (nSPS) is 9.92. The van der Waals surface area contributed by atoms with Gasteiger partial charge < -0.3 is 4.74 Å². The smallest absolute Gasteiger partial charge is 0.274 e. The molecule has 0 saturated heterocycles. The van der Waals surface area contributed by atoms with Crippen molar-refractivity contribution in [1.82, 2.24) is 0 Å². The van der Waals surface area contributed by atoms with E-state index in [1.165, 1.54) is 6.07 Å². The van der Waals surface area contributed by atoms with E-state index in [0.29, 0.717) is 5.56 Å². The number of nitro groups is 1. The Morgan fingerprint density at radius 3 is 2.77 bits per heavy atom. The first-order chi connectivity index (χ1) is 6.25. The lowest BCUT2D eigenvalue weighted by Crippen LogP contribution is -1.97. The second-order valence-electron chi connectivity index (χ2n) is 2.35. The average Bonchev–Trinajstić information content (AvgIpc) is 2.15. The Hall–Kier alpha value is -1.07. The van der Waals surface area contributed by atoms with Crippen LogP contribution < -0.4 is 0 Å². The van der Waals surface area contributed by atoms with Crippen LogP contribution in [0.5, 0.6) is 0 Å². The molecule has 0 heterocycles. The van der Waals surface area contributed by atoms with E-state index in [1.807, 2.05) is 0 Å². The van der Waals surface area contributed by atoms with Crippen LogP contribution in [0.4, 0.5) is 5.69 Å². The third kappa shape index (κ3) is 2.71. The fourth-order valence-corrected chi connectivity index (χ4v) is 1.05. The van der Waals surface area contributed by atoms with Crippen molar-refractivity contribution in [3.8, 4) is 0 Å². The van der Waals surface area contributed by atoms with Crippen LogP contribution in [0.3, 0.4) is 0 Å². The minimum Gasteiger partial charge on any atom is -0.365 e. The van der Waals surface area contributed by atoms with Gasteiger partial charge in [0, 0.05) is 6.07 Å². The molecule has 0 bridgehead atoms. The third-order valence-corrected chi connectivity index (χ3v) is 1.70. The van der Waals surface area contributed by atoms with Crippen molar-refractivity contribution in [3.05, 3.63) is 39.9 Å². The number of ether oxygens (including phenoxy) is 1. The van der Waals surface area contributed by atoms with E-state index in [2.05, 4.69) is 12.6 Å². The second-order valence-corrected chi connectivity index (χ2v) is 2.59. The molecule has 0 atom stereocenters. The SMILES string of the molecule is O=[N+]([O-])c1ccccc1COC[S]. The van der Waals surface area contributed by atoms with Gasteiger partial charge in [0.1, 0.15) is 5.94 Å². The minimum absolute atomic E-state index is 0.0750. The molecule has 1 aromatic rings. The first-order valence-electron chi connectivity index (χ1n) is 3.64. The standard InChI is InChI=1S/C8H8NO3S/c10-9(11)8-4-2-1-3-7(8)5-12-6-13/h1-4H,5-6H2. The van der Waals surface area contributed by atoms with Crippen LogP contribution in [0.25, 0.3) is 0 Å². The summed E-state index contributed by atoms with van der Waals surface area (Å²) >= 11 is 4.57. The van der Waals surface area contributed by atoms with E-state index in [9.17, 15) is 10.1 Å². The summed E-state index contributed by atoms with van der Waals surface area (Å²) in [5.74, 6) is 0.145. The van der Waals surface area contributed by atoms with Crippen LogP contribution >= 0.6 is 12.6 Å². The van der Waals surface area contributed by atoms with Gasteiger partial charge in [-0.25, -0.2) is 0 Å². The van der Waals surface area contributed by atoms with E-state index in [-0.39, 0.29) is 18.2 Å². The molecule has 0 amide bonds. The predicted octanol–water partition coefficient (Wildman–Crippen LogP) is 2.27. The highest BCUT2D eigenvalue weighted by atomic mass is 32.1. The summed E-state index contributed by atoms with van der Waals surface area (Å²) in [4.78, 5) is 10.1. The van der Waals surface area contributed by atoms with Crippen molar-refractivity contribution in [3.63, 3.8) is 0 Å². The molecule has 0 unspecified atom stereocenters. The molecular formula is C8H8NO3S. The summed E-state index contributed by atoms with van der Waals surface area (Å²) < 4.78 is 4.92. The molecule has 0 aliphatic rings. The lowest BCUT2D eigenvalue weighted by molar-refractivity contribution is -0.385. The number of rotatable bonds is 4. The van der Waals surface area contributed by atoms with Gasteiger partial charge in [-0.05, 0) is 6.07 Å². The van der Waals surface area contributed by atoms with Gasteiger partial charge in [0.25, 0.3) is 5.69 Å². The summed E-state index contributed by atoms with van der Waals surface area (Å²) in [6, 6.07) is 6.45. The average molecular weight is 198 g/mol. The minimum atomic E-state index is -0.429. The van der Waals surface area contributed by atoms with E-state index >= 15 is 0 Å². The molecule has 13 heavy (non-hydrogen) atoms. The van der Waals surface area contributed by atoms with Crippen LogP contribution in [0.1, 0.15) is 5.56 Å². The third-order valence-electron chi connectivity index (χ3n) is 1.53. The quantitative estimate of drug-likeness (QED) is 0.550. The number of nitrogens with zero attached hydrogens (tertiary/aromatic N) is 1. The van der Waals surface area contributed by atoms with Crippen LogP contribution in [0.15, 0.2) is 24.3 Å². The largest absolute Gasteiger partial charge is 0.365 e.